The third-order valence-corrected chi connectivity index (χ3v) is 5.16. The Hall–Kier alpha value is -3.94. The second-order valence-corrected chi connectivity index (χ2v) is 6.65. The van der Waals surface area contributed by atoms with Crippen LogP contribution >= 0.6 is 0 Å². The number of hydrogen-bond acceptors (Lipinski definition) is 6. The van der Waals surface area contributed by atoms with E-state index in [4.69, 9.17) is 18.9 Å². The highest BCUT2D eigenvalue weighted by Gasteiger charge is 2.31. The molecule has 0 saturated carbocycles. The Morgan fingerprint density at radius 2 is 1.48 bits per heavy atom. The molecule has 0 unspecified atom stereocenters. The summed E-state index contributed by atoms with van der Waals surface area (Å²) in [4.78, 5) is 24.3. The number of fused-ring (bicyclic) bond motifs is 4. The third-order valence-electron chi connectivity index (χ3n) is 5.16. The van der Waals surface area contributed by atoms with Crippen LogP contribution in [0.4, 0.5) is 0 Å². The summed E-state index contributed by atoms with van der Waals surface area (Å²) >= 11 is 0. The maximum Gasteiger partial charge on any atom is 0.337 e. The zero-order chi connectivity index (χ0) is 20.3. The summed E-state index contributed by atoms with van der Waals surface area (Å²) in [5.41, 5.74) is 0.466. The molecule has 0 amide bonds. The Morgan fingerprint density at radius 3 is 2.24 bits per heavy atom. The molecule has 0 aliphatic carbocycles. The number of hydrogen-bond donors (Lipinski definition) is 2. The molecule has 3 aromatic carbocycles. The van der Waals surface area contributed by atoms with Gasteiger partial charge in [-0.3, -0.25) is 0 Å². The van der Waals surface area contributed by atoms with Gasteiger partial charge in [-0.1, -0.05) is 12.1 Å². The lowest BCUT2D eigenvalue weighted by atomic mass is 9.85. The molecule has 8 heteroatoms. The molecule has 0 radical (unpaired) electrons. The van der Waals surface area contributed by atoms with E-state index >= 15 is 0 Å². The monoisotopic (exact) mass is 394 g/mol. The molecule has 0 saturated heterocycles. The molecule has 0 aromatic heterocycles. The summed E-state index contributed by atoms with van der Waals surface area (Å²) in [6.45, 7) is 1.65. The number of carboxylic acid groups (broad SMARTS) is 2. The molecule has 5 rings (SSSR count). The molecule has 0 spiro atoms. The van der Waals surface area contributed by atoms with E-state index in [9.17, 15) is 19.8 Å². The first-order valence-corrected chi connectivity index (χ1v) is 8.73. The van der Waals surface area contributed by atoms with E-state index in [0.29, 0.717) is 44.9 Å². The van der Waals surface area contributed by atoms with Crippen molar-refractivity contribution in [2.45, 2.75) is 6.92 Å². The lowest BCUT2D eigenvalue weighted by Gasteiger charge is -2.18. The highest BCUT2D eigenvalue weighted by atomic mass is 16.7. The fraction of sp³-hybridized carbons (Fsp3) is 0.143. The quantitative estimate of drug-likeness (QED) is 0.692. The number of carboxylic acids is 2. The maximum atomic E-state index is 12.3. The van der Waals surface area contributed by atoms with Gasteiger partial charge < -0.3 is 29.2 Å². The van der Waals surface area contributed by atoms with Gasteiger partial charge in [-0.05, 0) is 41.6 Å². The Balaban J connectivity index is 1.98. The molecule has 2 N–H and O–H groups in total. The first kappa shape index (κ1) is 17.2. The molecule has 3 aromatic rings. The topological polar surface area (TPSA) is 112 Å². The van der Waals surface area contributed by atoms with Crippen molar-refractivity contribution >= 4 is 22.7 Å². The van der Waals surface area contributed by atoms with Crippen molar-refractivity contribution in [3.8, 4) is 34.1 Å². The van der Waals surface area contributed by atoms with E-state index in [1.54, 1.807) is 37.3 Å². The predicted molar refractivity (Wildman–Crippen MR) is 100 cm³/mol. The van der Waals surface area contributed by atoms with Crippen LogP contribution in [0.1, 0.15) is 26.3 Å². The number of aromatic carboxylic acids is 2. The van der Waals surface area contributed by atoms with Crippen LogP contribution in [0.25, 0.3) is 21.9 Å². The lowest BCUT2D eigenvalue weighted by Crippen LogP contribution is -2.13. The molecule has 29 heavy (non-hydrogen) atoms. The van der Waals surface area contributed by atoms with Crippen LogP contribution in [0.3, 0.4) is 0 Å². The number of benzene rings is 3. The average molecular weight is 394 g/mol. The van der Waals surface area contributed by atoms with Gasteiger partial charge in [0.2, 0.25) is 13.6 Å². The van der Waals surface area contributed by atoms with Crippen molar-refractivity contribution in [2.75, 3.05) is 13.6 Å². The average Bonchev–Trinajstić information content (AvgIpc) is 3.35. The second-order valence-electron chi connectivity index (χ2n) is 6.65. The summed E-state index contributed by atoms with van der Waals surface area (Å²) in [6, 6.07) is 8.38. The SMILES string of the molecule is Cc1c(C(=O)O)c(C(=O)O)c(-c2ccc3c(c2)OCO3)c2c3c(ccc12)OCO3. The Kier molecular flexibility index (Phi) is 3.57. The molecule has 2 aliphatic rings. The van der Waals surface area contributed by atoms with Gasteiger partial charge in [0.15, 0.2) is 23.0 Å². The zero-order valence-electron chi connectivity index (χ0n) is 15.1. The highest BCUT2D eigenvalue weighted by Crippen LogP contribution is 2.48. The van der Waals surface area contributed by atoms with Crippen LogP contribution in [0.2, 0.25) is 0 Å². The fourth-order valence-corrected chi connectivity index (χ4v) is 3.93. The Bertz CT molecular complexity index is 1230. The molecule has 8 nitrogen and oxygen atoms in total. The molecule has 2 aliphatic heterocycles. The highest BCUT2D eigenvalue weighted by molar-refractivity contribution is 6.18. The van der Waals surface area contributed by atoms with Crippen molar-refractivity contribution in [1.29, 1.82) is 0 Å². The van der Waals surface area contributed by atoms with Gasteiger partial charge in [0.05, 0.1) is 11.1 Å². The van der Waals surface area contributed by atoms with E-state index in [-0.39, 0.29) is 30.3 Å². The second kappa shape index (κ2) is 6.03. The van der Waals surface area contributed by atoms with E-state index < -0.39 is 11.9 Å². The van der Waals surface area contributed by atoms with E-state index in [1.165, 1.54) is 0 Å². The minimum absolute atomic E-state index is 0.00282. The van der Waals surface area contributed by atoms with Gasteiger partial charge >= 0.3 is 11.9 Å². The van der Waals surface area contributed by atoms with Crippen molar-refractivity contribution in [1.82, 2.24) is 0 Å². The molecule has 0 bridgehead atoms. The normalized spacial score (nSPS) is 13.7. The predicted octanol–water partition coefficient (Wildman–Crippen LogP) is 3.67. The molecule has 2 heterocycles. The van der Waals surface area contributed by atoms with Gasteiger partial charge in [0, 0.05) is 10.9 Å². The van der Waals surface area contributed by atoms with Crippen LogP contribution < -0.4 is 18.9 Å². The van der Waals surface area contributed by atoms with E-state index in [2.05, 4.69) is 0 Å². The first-order valence-electron chi connectivity index (χ1n) is 8.73. The van der Waals surface area contributed by atoms with Gasteiger partial charge in [-0.2, -0.15) is 0 Å². The standard InChI is InChI=1S/C21H14O8/c1-9-11-3-5-13-19(29-8-27-13)17(11)16(18(21(24)25)15(9)20(22)23)10-2-4-12-14(6-10)28-7-26-12/h2-6H,7-8H2,1H3,(H,22,23)(H,24,25). The number of ether oxygens (including phenoxy) is 4. The fourth-order valence-electron chi connectivity index (χ4n) is 3.93. The van der Waals surface area contributed by atoms with Gasteiger partial charge in [-0.15, -0.1) is 0 Å². The van der Waals surface area contributed by atoms with Crippen LogP contribution in [-0.4, -0.2) is 35.7 Å². The first-order chi connectivity index (χ1) is 14.0. The van der Waals surface area contributed by atoms with Crippen LogP contribution in [0.15, 0.2) is 30.3 Å². The summed E-state index contributed by atoms with van der Waals surface area (Å²) in [5.74, 6) is -0.825. The summed E-state index contributed by atoms with van der Waals surface area (Å²) < 4.78 is 21.9. The van der Waals surface area contributed by atoms with Gasteiger partial charge in [0.25, 0.3) is 0 Å². The van der Waals surface area contributed by atoms with Gasteiger partial charge in [0.1, 0.15) is 0 Å². The van der Waals surface area contributed by atoms with Crippen molar-refractivity contribution < 1.29 is 38.7 Å². The number of aryl methyl sites for hydroxylation is 1. The van der Waals surface area contributed by atoms with Gasteiger partial charge in [-0.25, -0.2) is 9.59 Å². The molecule has 0 atom stereocenters. The van der Waals surface area contributed by atoms with E-state index in [0.717, 1.165) is 0 Å². The number of rotatable bonds is 3. The molecule has 146 valence electrons. The van der Waals surface area contributed by atoms with Crippen LogP contribution in [-0.2, 0) is 0 Å². The Labute approximate surface area is 163 Å². The minimum atomic E-state index is -1.35. The van der Waals surface area contributed by atoms with Crippen molar-refractivity contribution in [3.05, 3.63) is 47.0 Å². The smallest absolute Gasteiger partial charge is 0.337 e. The minimum Gasteiger partial charge on any atom is -0.478 e. The molecule has 0 fully saturated rings. The summed E-state index contributed by atoms with van der Waals surface area (Å²) in [6.07, 6.45) is 0. The summed E-state index contributed by atoms with van der Waals surface area (Å²) in [5, 5.41) is 20.9. The third kappa shape index (κ3) is 2.39. The van der Waals surface area contributed by atoms with Crippen LogP contribution in [0.5, 0.6) is 23.0 Å². The molecular weight excluding hydrogens is 380 g/mol. The van der Waals surface area contributed by atoms with E-state index in [1.807, 2.05) is 0 Å². The van der Waals surface area contributed by atoms with Crippen molar-refractivity contribution in [2.24, 2.45) is 0 Å². The lowest BCUT2D eigenvalue weighted by molar-refractivity contribution is 0.0651. The maximum absolute atomic E-state index is 12.3. The van der Waals surface area contributed by atoms with Crippen molar-refractivity contribution in [3.63, 3.8) is 0 Å². The molecular formula is C21H14O8. The van der Waals surface area contributed by atoms with Crippen LogP contribution in [0, 0.1) is 6.92 Å². The number of carbonyl (C=O) groups is 2. The zero-order valence-corrected chi connectivity index (χ0v) is 15.1. The largest absolute Gasteiger partial charge is 0.478 e. The summed E-state index contributed by atoms with van der Waals surface area (Å²) in [7, 11) is 0. The Morgan fingerprint density at radius 1 is 0.828 bits per heavy atom.